The van der Waals surface area contributed by atoms with Gasteiger partial charge < -0.3 is 4.90 Å². The molecule has 1 amide bonds. The molecule has 0 radical (unpaired) electrons. The Bertz CT molecular complexity index is 1090. The number of amides is 1. The zero-order valence-electron chi connectivity index (χ0n) is 14.5. The van der Waals surface area contributed by atoms with Crippen molar-refractivity contribution in [2.24, 2.45) is 0 Å². The molecule has 4 aromatic rings. The molecule has 5 rings (SSSR count). The molecule has 134 valence electrons. The van der Waals surface area contributed by atoms with Crippen LogP contribution >= 0.6 is 0 Å². The quantitative estimate of drug-likeness (QED) is 0.590. The molecule has 0 saturated heterocycles. The maximum Gasteiger partial charge on any atom is 0.254 e. The molecule has 0 aliphatic carbocycles. The van der Waals surface area contributed by atoms with Crippen molar-refractivity contribution in [2.45, 2.75) is 13.0 Å². The summed E-state index contributed by atoms with van der Waals surface area (Å²) >= 11 is 0. The van der Waals surface area contributed by atoms with Crippen LogP contribution in [0.2, 0.25) is 0 Å². The number of nitrogens with one attached hydrogen (secondary N) is 1. The minimum atomic E-state index is -0.00561. The molecule has 1 aliphatic heterocycles. The molecule has 0 fully saturated rings. The number of benzene rings is 2. The third-order valence-electron chi connectivity index (χ3n) is 4.82. The Balaban J connectivity index is 1.35. The highest BCUT2D eigenvalue weighted by Gasteiger charge is 2.22. The maximum absolute atomic E-state index is 12.9. The highest BCUT2D eigenvalue weighted by Crippen LogP contribution is 2.18. The number of rotatable bonds is 2. The van der Waals surface area contributed by atoms with E-state index in [1.54, 1.807) is 12.1 Å². The van der Waals surface area contributed by atoms with Crippen LogP contribution in [0, 0.1) is 0 Å². The summed E-state index contributed by atoms with van der Waals surface area (Å²) in [5.74, 6) is 1.65. The Morgan fingerprint density at radius 2 is 1.81 bits per heavy atom. The number of carbonyl (C=O) groups is 1. The summed E-state index contributed by atoms with van der Waals surface area (Å²) in [6.45, 7) is 1.84. The summed E-state index contributed by atoms with van der Waals surface area (Å²) in [5, 5.41) is 15.3. The molecule has 0 unspecified atom stereocenters. The topological polar surface area (TPSA) is 92.6 Å². The number of H-pyrrole nitrogens is 1. The molecule has 0 saturated carbocycles. The maximum atomic E-state index is 12.9. The minimum Gasteiger partial charge on any atom is -0.336 e. The molecule has 27 heavy (non-hydrogen) atoms. The molecule has 8 heteroatoms. The van der Waals surface area contributed by atoms with Crippen LogP contribution in [0.15, 0.2) is 48.5 Å². The number of aromatic amines is 1. The van der Waals surface area contributed by atoms with Crippen LogP contribution in [0.1, 0.15) is 16.2 Å². The van der Waals surface area contributed by atoms with Gasteiger partial charge in [0.25, 0.3) is 5.91 Å². The Kier molecular flexibility index (Phi) is 3.67. The van der Waals surface area contributed by atoms with Gasteiger partial charge in [-0.2, -0.15) is 20.5 Å². The predicted octanol–water partition coefficient (Wildman–Crippen LogP) is 1.91. The van der Waals surface area contributed by atoms with E-state index < -0.39 is 0 Å². The molecule has 0 spiro atoms. The van der Waals surface area contributed by atoms with Gasteiger partial charge in [0.05, 0.1) is 6.54 Å². The van der Waals surface area contributed by atoms with Crippen molar-refractivity contribution in [1.29, 1.82) is 0 Å². The zero-order chi connectivity index (χ0) is 18.2. The van der Waals surface area contributed by atoms with Gasteiger partial charge in [-0.25, -0.2) is 9.67 Å². The van der Waals surface area contributed by atoms with Crippen molar-refractivity contribution < 1.29 is 4.79 Å². The lowest BCUT2D eigenvalue weighted by Crippen LogP contribution is -2.33. The van der Waals surface area contributed by atoms with E-state index in [-0.39, 0.29) is 5.91 Å². The summed E-state index contributed by atoms with van der Waals surface area (Å²) in [6, 6.07) is 15.3. The Hall–Kier alpha value is -3.55. The van der Waals surface area contributed by atoms with Gasteiger partial charge in [-0.1, -0.05) is 30.3 Å². The van der Waals surface area contributed by atoms with Crippen molar-refractivity contribution in [3.63, 3.8) is 0 Å². The van der Waals surface area contributed by atoms with Crippen LogP contribution in [0.25, 0.3) is 22.4 Å². The van der Waals surface area contributed by atoms with Gasteiger partial charge in [0.1, 0.15) is 16.9 Å². The number of fused-ring (bicyclic) bond motifs is 2. The first-order valence-corrected chi connectivity index (χ1v) is 8.87. The fourth-order valence-electron chi connectivity index (χ4n) is 3.37. The van der Waals surface area contributed by atoms with Gasteiger partial charge in [0, 0.05) is 30.6 Å². The summed E-state index contributed by atoms with van der Waals surface area (Å²) in [4.78, 5) is 19.4. The Morgan fingerprint density at radius 1 is 0.963 bits per heavy atom. The van der Waals surface area contributed by atoms with Gasteiger partial charge in [-0.05, 0) is 18.2 Å². The normalized spacial score (nSPS) is 14.1. The van der Waals surface area contributed by atoms with E-state index in [9.17, 15) is 4.79 Å². The van der Waals surface area contributed by atoms with Gasteiger partial charge >= 0.3 is 0 Å². The van der Waals surface area contributed by atoms with E-state index in [0.29, 0.717) is 37.1 Å². The minimum absolute atomic E-state index is 0.00561. The number of carbonyl (C=O) groups excluding carboxylic acids is 1. The van der Waals surface area contributed by atoms with Crippen molar-refractivity contribution in [3.05, 3.63) is 59.9 Å². The van der Waals surface area contributed by atoms with Crippen LogP contribution in [0.3, 0.4) is 0 Å². The molecular formula is C19H17N7O. The third-order valence-corrected chi connectivity index (χ3v) is 4.82. The second-order valence-electron chi connectivity index (χ2n) is 6.51. The fraction of sp³-hybridized carbons (Fsp3) is 0.211. The van der Waals surface area contributed by atoms with Gasteiger partial charge in [0.2, 0.25) is 0 Å². The van der Waals surface area contributed by atoms with Crippen molar-refractivity contribution in [3.8, 4) is 11.4 Å². The average Bonchev–Trinajstić information content (AvgIpc) is 3.30. The Morgan fingerprint density at radius 3 is 2.70 bits per heavy atom. The van der Waals surface area contributed by atoms with Gasteiger partial charge in [-0.15, -0.1) is 0 Å². The lowest BCUT2D eigenvalue weighted by atomic mass is 10.1. The van der Waals surface area contributed by atoms with E-state index in [1.807, 2.05) is 46.0 Å². The molecule has 3 heterocycles. The second-order valence-corrected chi connectivity index (χ2v) is 6.51. The fourth-order valence-corrected chi connectivity index (χ4v) is 3.37. The first kappa shape index (κ1) is 15.7. The monoisotopic (exact) mass is 359 g/mol. The average molecular weight is 359 g/mol. The third kappa shape index (κ3) is 2.84. The summed E-state index contributed by atoms with van der Waals surface area (Å²) < 4.78 is 1.91. The van der Waals surface area contributed by atoms with Crippen LogP contribution in [-0.2, 0) is 13.0 Å². The van der Waals surface area contributed by atoms with Crippen LogP contribution < -0.4 is 0 Å². The SMILES string of the molecule is O=C(c1ccc2n[nH]nc2c1)N1CCc2nc(-c3ccccc3)nn2CC1. The number of nitrogens with zero attached hydrogens (tertiary/aromatic N) is 6. The van der Waals surface area contributed by atoms with Crippen LogP contribution in [0.4, 0.5) is 0 Å². The molecule has 1 aliphatic rings. The number of aromatic nitrogens is 6. The van der Waals surface area contributed by atoms with Crippen molar-refractivity contribution in [1.82, 2.24) is 35.1 Å². The van der Waals surface area contributed by atoms with Crippen molar-refractivity contribution in [2.75, 3.05) is 13.1 Å². The number of hydrogen-bond acceptors (Lipinski definition) is 5. The van der Waals surface area contributed by atoms with E-state index in [2.05, 4.69) is 25.5 Å². The van der Waals surface area contributed by atoms with E-state index in [1.165, 1.54) is 0 Å². The first-order valence-electron chi connectivity index (χ1n) is 8.87. The van der Waals surface area contributed by atoms with E-state index >= 15 is 0 Å². The van der Waals surface area contributed by atoms with E-state index in [4.69, 9.17) is 0 Å². The molecular weight excluding hydrogens is 342 g/mol. The molecule has 2 aromatic heterocycles. The van der Waals surface area contributed by atoms with Gasteiger partial charge in [0.15, 0.2) is 5.82 Å². The standard InChI is InChI=1S/C19H17N7O/c27-19(14-6-7-15-16(12-14)22-24-21-15)25-9-8-17-20-18(23-26(17)11-10-25)13-4-2-1-3-5-13/h1-7,12H,8-11H2,(H,21,22,24). The van der Waals surface area contributed by atoms with E-state index in [0.717, 1.165) is 22.7 Å². The highest BCUT2D eigenvalue weighted by molar-refractivity contribution is 5.97. The summed E-state index contributed by atoms with van der Waals surface area (Å²) in [5.41, 5.74) is 3.07. The lowest BCUT2D eigenvalue weighted by molar-refractivity contribution is 0.0758. The lowest BCUT2D eigenvalue weighted by Gasteiger charge is -2.19. The Labute approximate surface area is 154 Å². The molecule has 0 bridgehead atoms. The summed E-state index contributed by atoms with van der Waals surface area (Å²) in [7, 11) is 0. The molecule has 1 N–H and O–H groups in total. The first-order chi connectivity index (χ1) is 13.3. The van der Waals surface area contributed by atoms with Crippen LogP contribution in [0.5, 0.6) is 0 Å². The highest BCUT2D eigenvalue weighted by atomic mass is 16.2. The molecule has 8 nitrogen and oxygen atoms in total. The smallest absolute Gasteiger partial charge is 0.254 e. The summed E-state index contributed by atoms with van der Waals surface area (Å²) in [6.07, 6.45) is 0.678. The van der Waals surface area contributed by atoms with Crippen molar-refractivity contribution >= 4 is 16.9 Å². The van der Waals surface area contributed by atoms with Gasteiger partial charge in [-0.3, -0.25) is 4.79 Å². The zero-order valence-corrected chi connectivity index (χ0v) is 14.5. The predicted molar refractivity (Wildman–Crippen MR) is 99.0 cm³/mol. The van der Waals surface area contributed by atoms with Crippen LogP contribution in [-0.4, -0.2) is 54.1 Å². The number of hydrogen-bond donors (Lipinski definition) is 1. The molecule has 2 aromatic carbocycles. The largest absolute Gasteiger partial charge is 0.336 e. The second kappa shape index (κ2) is 6.31. The molecule has 0 atom stereocenters.